The molecule has 0 aliphatic carbocycles. The molecule has 0 saturated carbocycles. The molecule has 0 amide bonds. The summed E-state index contributed by atoms with van der Waals surface area (Å²) < 4.78 is 12.9. The van der Waals surface area contributed by atoms with Crippen LogP contribution in [-0.2, 0) is 6.54 Å². The fourth-order valence-corrected chi connectivity index (χ4v) is 2.70. The van der Waals surface area contributed by atoms with E-state index in [9.17, 15) is 0 Å². The molecular weight excluding hydrogens is 495 g/mol. The van der Waals surface area contributed by atoms with Crippen LogP contribution in [0.4, 0.5) is 0 Å². The van der Waals surface area contributed by atoms with Gasteiger partial charge in [0.25, 0.3) is 0 Å². The fraction of sp³-hybridized carbons (Fsp3) is 0.286. The second kappa shape index (κ2) is 12.0. The van der Waals surface area contributed by atoms with E-state index in [1.165, 1.54) is 0 Å². The number of pyridine rings is 1. The number of hydrogen-bond donors (Lipinski definition) is 2. The Hall–Kier alpha value is -2.82. The molecule has 1 atom stereocenters. The fourth-order valence-electron chi connectivity index (χ4n) is 2.70. The van der Waals surface area contributed by atoms with Crippen LogP contribution in [0, 0.1) is 0 Å². The summed E-state index contributed by atoms with van der Waals surface area (Å²) in [6, 6.07) is 13.4. The first-order valence-corrected chi connectivity index (χ1v) is 9.38. The Labute approximate surface area is 193 Å². The maximum atomic E-state index is 5.93. The van der Waals surface area contributed by atoms with E-state index >= 15 is 0 Å². The number of aliphatic imine (C=N–C) groups is 1. The lowest BCUT2D eigenvalue weighted by molar-refractivity contribution is 0.223. The Bertz CT molecular complexity index is 933. The zero-order chi connectivity index (χ0) is 20.5. The first kappa shape index (κ1) is 23.5. The van der Waals surface area contributed by atoms with Crippen LogP contribution in [0.15, 0.2) is 66.0 Å². The smallest absolute Gasteiger partial charge is 0.191 e. The lowest BCUT2D eigenvalue weighted by atomic mass is 10.2. The standard InChI is InChI=1S/C21H26N6O2.HI/c1-16(29-19-7-4-6-18(13-19)28-3)14-24-21(22-2)25-15-17-8-10-23-20(12-17)27-11-5-9-26-27;/h4-13,16H,14-15H2,1-3H3,(H2,22,24,25);1H. The van der Waals surface area contributed by atoms with Gasteiger partial charge in [-0.25, -0.2) is 9.67 Å². The highest BCUT2D eigenvalue weighted by Gasteiger charge is 2.07. The molecule has 0 aliphatic rings. The van der Waals surface area contributed by atoms with Crippen LogP contribution >= 0.6 is 24.0 Å². The predicted octanol–water partition coefficient (Wildman–Crippen LogP) is 3.03. The van der Waals surface area contributed by atoms with Crippen molar-refractivity contribution in [3.8, 4) is 17.3 Å². The van der Waals surface area contributed by atoms with Gasteiger partial charge in [0, 0.05) is 38.2 Å². The van der Waals surface area contributed by atoms with Crippen molar-refractivity contribution in [3.63, 3.8) is 0 Å². The van der Waals surface area contributed by atoms with Gasteiger partial charge in [-0.1, -0.05) is 6.07 Å². The lowest BCUT2D eigenvalue weighted by Crippen LogP contribution is -2.41. The zero-order valence-electron chi connectivity index (χ0n) is 17.3. The van der Waals surface area contributed by atoms with E-state index in [4.69, 9.17) is 9.47 Å². The van der Waals surface area contributed by atoms with E-state index in [-0.39, 0.29) is 30.1 Å². The van der Waals surface area contributed by atoms with Crippen molar-refractivity contribution in [2.75, 3.05) is 20.7 Å². The summed E-state index contributed by atoms with van der Waals surface area (Å²) in [6.45, 7) is 3.21. The summed E-state index contributed by atoms with van der Waals surface area (Å²) >= 11 is 0. The molecule has 0 saturated heterocycles. The summed E-state index contributed by atoms with van der Waals surface area (Å²) in [5, 5.41) is 10.8. The van der Waals surface area contributed by atoms with E-state index in [2.05, 4.69) is 25.7 Å². The van der Waals surface area contributed by atoms with Crippen molar-refractivity contribution in [2.24, 2.45) is 4.99 Å². The number of nitrogens with one attached hydrogen (secondary N) is 2. The molecule has 1 unspecified atom stereocenters. The summed E-state index contributed by atoms with van der Waals surface area (Å²) in [5.74, 6) is 3.01. The Morgan fingerprint density at radius 2 is 1.97 bits per heavy atom. The summed E-state index contributed by atoms with van der Waals surface area (Å²) in [6.07, 6.45) is 5.32. The third kappa shape index (κ3) is 6.90. The monoisotopic (exact) mass is 522 g/mol. The van der Waals surface area contributed by atoms with E-state index in [1.807, 2.05) is 55.6 Å². The van der Waals surface area contributed by atoms with E-state index in [0.717, 1.165) is 22.9 Å². The van der Waals surface area contributed by atoms with Gasteiger partial charge in [0.1, 0.15) is 17.6 Å². The Morgan fingerprint density at radius 3 is 2.70 bits per heavy atom. The Kier molecular flexibility index (Phi) is 9.39. The summed E-state index contributed by atoms with van der Waals surface area (Å²) in [5.41, 5.74) is 1.08. The van der Waals surface area contributed by atoms with Gasteiger partial charge in [-0.2, -0.15) is 5.10 Å². The summed E-state index contributed by atoms with van der Waals surface area (Å²) in [4.78, 5) is 8.61. The van der Waals surface area contributed by atoms with Gasteiger partial charge in [0.2, 0.25) is 0 Å². The normalized spacial score (nSPS) is 11.9. The van der Waals surface area contributed by atoms with Gasteiger partial charge in [-0.05, 0) is 42.8 Å². The molecule has 30 heavy (non-hydrogen) atoms. The molecule has 0 spiro atoms. The van der Waals surface area contributed by atoms with E-state index < -0.39 is 0 Å². The van der Waals surface area contributed by atoms with Gasteiger partial charge in [-0.15, -0.1) is 24.0 Å². The van der Waals surface area contributed by atoms with Crippen molar-refractivity contribution in [1.29, 1.82) is 0 Å². The number of ether oxygens (including phenoxy) is 2. The number of halogens is 1. The van der Waals surface area contributed by atoms with Gasteiger partial charge in [-0.3, -0.25) is 4.99 Å². The molecule has 0 radical (unpaired) electrons. The molecule has 0 aliphatic heterocycles. The second-order valence-corrected chi connectivity index (χ2v) is 6.39. The van der Waals surface area contributed by atoms with Crippen LogP contribution in [0.25, 0.3) is 5.82 Å². The van der Waals surface area contributed by atoms with Gasteiger partial charge in [0.15, 0.2) is 11.8 Å². The van der Waals surface area contributed by atoms with E-state index in [0.29, 0.717) is 19.0 Å². The van der Waals surface area contributed by atoms with Crippen LogP contribution in [0.5, 0.6) is 11.5 Å². The minimum Gasteiger partial charge on any atom is -0.497 e. The second-order valence-electron chi connectivity index (χ2n) is 6.39. The molecule has 9 heteroatoms. The third-order valence-electron chi connectivity index (χ3n) is 4.17. The average molecular weight is 522 g/mol. The van der Waals surface area contributed by atoms with Crippen molar-refractivity contribution in [1.82, 2.24) is 25.4 Å². The number of benzene rings is 1. The molecule has 0 fully saturated rings. The number of guanidine groups is 1. The highest BCUT2D eigenvalue weighted by molar-refractivity contribution is 14.0. The molecule has 2 N–H and O–H groups in total. The molecule has 3 aromatic rings. The molecule has 160 valence electrons. The predicted molar refractivity (Wildman–Crippen MR) is 128 cm³/mol. The SMILES string of the molecule is CN=C(NCc1ccnc(-n2cccn2)c1)NCC(C)Oc1cccc(OC)c1.I. The largest absolute Gasteiger partial charge is 0.497 e. The first-order valence-electron chi connectivity index (χ1n) is 9.38. The van der Waals surface area contributed by atoms with Crippen LogP contribution in [0.3, 0.4) is 0 Å². The van der Waals surface area contributed by atoms with Crippen LogP contribution < -0.4 is 20.1 Å². The number of methoxy groups -OCH3 is 1. The minimum atomic E-state index is -0.0481. The molecule has 8 nitrogen and oxygen atoms in total. The number of hydrogen-bond acceptors (Lipinski definition) is 5. The van der Waals surface area contributed by atoms with Crippen molar-refractivity contribution < 1.29 is 9.47 Å². The number of aromatic nitrogens is 3. The van der Waals surface area contributed by atoms with Crippen LogP contribution in [0.2, 0.25) is 0 Å². The van der Waals surface area contributed by atoms with Crippen molar-refractivity contribution >= 4 is 29.9 Å². The first-order chi connectivity index (χ1) is 14.2. The Morgan fingerprint density at radius 1 is 1.13 bits per heavy atom. The average Bonchev–Trinajstić information content (AvgIpc) is 3.29. The molecule has 1 aromatic carbocycles. The highest BCUT2D eigenvalue weighted by atomic mass is 127. The number of rotatable bonds is 8. The topological polar surface area (TPSA) is 85.6 Å². The summed E-state index contributed by atoms with van der Waals surface area (Å²) in [7, 11) is 3.38. The zero-order valence-corrected chi connectivity index (χ0v) is 19.6. The van der Waals surface area contributed by atoms with Crippen LogP contribution in [0.1, 0.15) is 12.5 Å². The van der Waals surface area contributed by atoms with Gasteiger partial charge >= 0.3 is 0 Å². The van der Waals surface area contributed by atoms with Gasteiger partial charge < -0.3 is 20.1 Å². The van der Waals surface area contributed by atoms with Gasteiger partial charge in [0.05, 0.1) is 13.7 Å². The van der Waals surface area contributed by atoms with Crippen molar-refractivity contribution in [2.45, 2.75) is 19.6 Å². The highest BCUT2D eigenvalue weighted by Crippen LogP contribution is 2.19. The maximum absolute atomic E-state index is 5.93. The molecule has 2 aromatic heterocycles. The van der Waals surface area contributed by atoms with E-state index in [1.54, 1.807) is 31.2 Å². The molecular formula is C21H27IN6O2. The Balaban J connectivity index is 0.00000320. The van der Waals surface area contributed by atoms with Crippen molar-refractivity contribution in [3.05, 3.63) is 66.6 Å². The third-order valence-corrected chi connectivity index (χ3v) is 4.17. The minimum absolute atomic E-state index is 0. The molecule has 3 rings (SSSR count). The maximum Gasteiger partial charge on any atom is 0.191 e. The molecule has 2 heterocycles. The van der Waals surface area contributed by atoms with Crippen LogP contribution in [-0.4, -0.2) is 47.5 Å². The lowest BCUT2D eigenvalue weighted by Gasteiger charge is -2.18. The number of nitrogens with zero attached hydrogens (tertiary/aromatic N) is 4. The quantitative estimate of drug-likeness (QED) is 0.269. The molecule has 0 bridgehead atoms.